The van der Waals surface area contributed by atoms with Crippen LogP contribution in [-0.4, -0.2) is 11.3 Å². The van der Waals surface area contributed by atoms with Gasteiger partial charge in [-0.2, -0.15) is 5.26 Å². The van der Waals surface area contributed by atoms with Crippen LogP contribution in [0.2, 0.25) is 0 Å². The van der Waals surface area contributed by atoms with Crippen LogP contribution in [0.15, 0.2) is 334 Å². The van der Waals surface area contributed by atoms with E-state index in [-0.39, 0.29) is 6.71 Å². The zero-order valence-electron chi connectivity index (χ0n) is 49.1. The van der Waals surface area contributed by atoms with Gasteiger partial charge in [-0.05, 0) is 133 Å². The first-order valence-corrected chi connectivity index (χ1v) is 30.8. The molecule has 0 amide bonds. The zero-order valence-corrected chi connectivity index (χ0v) is 49.1. The summed E-state index contributed by atoms with van der Waals surface area (Å²) in [7, 11) is 0. The van der Waals surface area contributed by atoms with Crippen molar-refractivity contribution in [2.75, 3.05) is 9.80 Å². The standard InChI is InChI=1S/C85H55BN4/c87-56-63-38-23-45-76-83(63)90(85-71(61-34-15-5-16-35-61)43-25-44-72(85)62-36-17-6-18-37-62)81-54-67(66-51-64(57-26-7-1-8-27-57)50-65(52-66)58-28-9-2-10-29-58)53-80-82(81)86(76)75-49-48-68(88-77-46-21-19-39-73(77)74-40-20-22-47-78(74)88)55-79(75)89(80)84-69(59-30-11-3-12-31-59)41-24-42-70(84)60-32-13-4-14-33-60/h1-55H. The maximum absolute atomic E-state index is 11.8. The van der Waals surface area contributed by atoms with E-state index in [1.165, 1.54) is 10.8 Å². The van der Waals surface area contributed by atoms with Gasteiger partial charge >= 0.3 is 0 Å². The predicted octanol–water partition coefficient (Wildman–Crippen LogP) is 20.4. The molecule has 0 aliphatic carbocycles. The minimum atomic E-state index is -0.328. The maximum atomic E-state index is 11.8. The Bertz CT molecular complexity index is 5080. The smallest absolute Gasteiger partial charge is 0.252 e. The molecule has 4 nitrogen and oxygen atoms in total. The van der Waals surface area contributed by atoms with Crippen LogP contribution in [0, 0.1) is 11.3 Å². The number of para-hydroxylation sites is 5. The third-order valence-corrected chi connectivity index (χ3v) is 18.4. The first-order valence-electron chi connectivity index (χ1n) is 30.8. The fourth-order valence-electron chi connectivity index (χ4n) is 14.5. The van der Waals surface area contributed by atoms with Gasteiger partial charge < -0.3 is 14.4 Å². The molecule has 17 rings (SSSR count). The molecule has 0 spiro atoms. The van der Waals surface area contributed by atoms with Gasteiger partial charge in [0.2, 0.25) is 0 Å². The molecular weight excluding hydrogens is 1090 g/mol. The number of anilines is 6. The van der Waals surface area contributed by atoms with E-state index in [2.05, 4.69) is 348 Å². The molecule has 1 aromatic heterocycles. The lowest BCUT2D eigenvalue weighted by Crippen LogP contribution is -2.61. The summed E-state index contributed by atoms with van der Waals surface area (Å²) in [5, 5.41) is 14.2. The van der Waals surface area contributed by atoms with Gasteiger partial charge in [-0.25, -0.2) is 0 Å². The summed E-state index contributed by atoms with van der Waals surface area (Å²) < 4.78 is 2.44. The summed E-state index contributed by atoms with van der Waals surface area (Å²) in [5.74, 6) is 0. The number of hydrogen-bond acceptors (Lipinski definition) is 3. The Kier molecular flexibility index (Phi) is 12.7. The predicted molar refractivity (Wildman–Crippen MR) is 378 cm³/mol. The van der Waals surface area contributed by atoms with Crippen molar-refractivity contribution in [3.63, 3.8) is 0 Å². The third kappa shape index (κ3) is 8.61. The molecule has 2 aliphatic heterocycles. The van der Waals surface area contributed by atoms with Crippen molar-refractivity contribution in [2.45, 2.75) is 0 Å². The summed E-state index contributed by atoms with van der Waals surface area (Å²) in [6.45, 7) is -0.328. The van der Waals surface area contributed by atoms with E-state index in [0.717, 1.165) is 145 Å². The van der Waals surface area contributed by atoms with Gasteiger partial charge in [0.15, 0.2) is 0 Å². The number of hydrogen-bond donors (Lipinski definition) is 0. The maximum Gasteiger partial charge on any atom is 0.252 e. The van der Waals surface area contributed by atoms with Crippen LogP contribution >= 0.6 is 0 Å². The summed E-state index contributed by atoms with van der Waals surface area (Å²) in [6, 6.07) is 124. The number of benzene rings is 14. The van der Waals surface area contributed by atoms with Crippen LogP contribution < -0.4 is 26.2 Å². The third-order valence-electron chi connectivity index (χ3n) is 18.4. The molecule has 0 bridgehead atoms. The van der Waals surface area contributed by atoms with Crippen molar-refractivity contribution in [3.8, 4) is 89.6 Å². The van der Waals surface area contributed by atoms with E-state index in [0.29, 0.717) is 5.56 Å². The van der Waals surface area contributed by atoms with E-state index in [9.17, 15) is 5.26 Å². The quantitative estimate of drug-likeness (QED) is 0.128. The summed E-state index contributed by atoms with van der Waals surface area (Å²) in [6.07, 6.45) is 0. The molecule has 2 aliphatic rings. The second-order valence-electron chi connectivity index (χ2n) is 23.4. The lowest BCUT2D eigenvalue weighted by atomic mass is 9.33. The molecule has 418 valence electrons. The number of fused-ring (bicyclic) bond motifs is 7. The first kappa shape index (κ1) is 52.4. The SMILES string of the molecule is N#Cc1cccc2c1N(c1c(-c3ccccc3)cccc1-c1ccccc1)c1cc(-c3cc(-c4ccccc4)cc(-c4ccccc4)c3)cc3c1B2c1ccc(-n2c4ccccc4c4ccccc42)cc1N3c1c(-c2ccccc2)cccc1-c1ccccc1. The molecule has 0 saturated heterocycles. The molecule has 0 atom stereocenters. The Morgan fingerprint density at radius 1 is 0.267 bits per heavy atom. The number of nitriles is 1. The Hall–Kier alpha value is -12.0. The highest BCUT2D eigenvalue weighted by Gasteiger charge is 2.46. The minimum absolute atomic E-state index is 0.328. The normalized spacial score (nSPS) is 12.1. The van der Waals surface area contributed by atoms with Crippen LogP contribution in [0.3, 0.4) is 0 Å². The fraction of sp³-hybridized carbons (Fsp3) is 0. The topological polar surface area (TPSA) is 35.2 Å². The zero-order chi connectivity index (χ0) is 59.7. The van der Waals surface area contributed by atoms with Crippen LogP contribution in [0.5, 0.6) is 0 Å². The van der Waals surface area contributed by atoms with Gasteiger partial charge in [-0.15, -0.1) is 0 Å². The molecule has 5 heteroatoms. The molecule has 0 radical (unpaired) electrons. The van der Waals surface area contributed by atoms with Gasteiger partial charge in [-0.3, -0.25) is 0 Å². The van der Waals surface area contributed by atoms with Crippen LogP contribution in [0.4, 0.5) is 34.1 Å². The van der Waals surface area contributed by atoms with Crippen molar-refractivity contribution in [1.29, 1.82) is 5.26 Å². The second-order valence-corrected chi connectivity index (χ2v) is 23.4. The van der Waals surface area contributed by atoms with E-state index >= 15 is 0 Å². The van der Waals surface area contributed by atoms with Crippen molar-refractivity contribution >= 4 is 79.0 Å². The van der Waals surface area contributed by atoms with Crippen molar-refractivity contribution < 1.29 is 0 Å². The molecule has 0 saturated carbocycles. The molecule has 3 heterocycles. The van der Waals surface area contributed by atoms with Crippen molar-refractivity contribution in [1.82, 2.24) is 4.57 Å². The highest BCUT2D eigenvalue weighted by Crippen LogP contribution is 2.54. The highest BCUT2D eigenvalue weighted by atomic mass is 15.2. The van der Waals surface area contributed by atoms with Gasteiger partial charge in [0, 0.05) is 55.8 Å². The monoisotopic (exact) mass is 1140 g/mol. The largest absolute Gasteiger partial charge is 0.310 e. The highest BCUT2D eigenvalue weighted by molar-refractivity contribution is 7.00. The lowest BCUT2D eigenvalue weighted by Gasteiger charge is -2.46. The average molecular weight is 1140 g/mol. The molecule has 0 N–H and O–H groups in total. The molecule has 14 aromatic carbocycles. The Labute approximate surface area is 524 Å². The Morgan fingerprint density at radius 3 is 1.10 bits per heavy atom. The molecule has 15 aromatic rings. The molecule has 0 unspecified atom stereocenters. The average Bonchev–Trinajstić information content (AvgIpc) is 0.798. The van der Waals surface area contributed by atoms with E-state index in [4.69, 9.17) is 0 Å². The molecular formula is C85H55BN4. The summed E-state index contributed by atoms with van der Waals surface area (Å²) in [5.41, 5.74) is 28.5. The number of rotatable bonds is 10. The van der Waals surface area contributed by atoms with Gasteiger partial charge in [0.05, 0.1) is 33.7 Å². The van der Waals surface area contributed by atoms with Gasteiger partial charge in [0.1, 0.15) is 6.07 Å². The van der Waals surface area contributed by atoms with Crippen molar-refractivity contribution in [3.05, 3.63) is 339 Å². The van der Waals surface area contributed by atoms with Crippen LogP contribution in [0.1, 0.15) is 5.56 Å². The Morgan fingerprint density at radius 2 is 0.644 bits per heavy atom. The van der Waals surface area contributed by atoms with E-state index in [1.54, 1.807) is 0 Å². The lowest BCUT2D eigenvalue weighted by molar-refractivity contribution is 1.17. The van der Waals surface area contributed by atoms with E-state index < -0.39 is 0 Å². The molecule has 0 fully saturated rings. The van der Waals surface area contributed by atoms with Gasteiger partial charge in [0.25, 0.3) is 6.71 Å². The summed E-state index contributed by atoms with van der Waals surface area (Å²) >= 11 is 0. The van der Waals surface area contributed by atoms with E-state index in [1.807, 2.05) is 6.07 Å². The second kappa shape index (κ2) is 21.8. The van der Waals surface area contributed by atoms with Crippen LogP contribution in [0.25, 0.3) is 105 Å². The Balaban J connectivity index is 1.07. The first-order chi connectivity index (χ1) is 44.6. The van der Waals surface area contributed by atoms with Crippen LogP contribution in [-0.2, 0) is 0 Å². The number of aromatic nitrogens is 1. The van der Waals surface area contributed by atoms with Crippen molar-refractivity contribution in [2.24, 2.45) is 0 Å². The molecule has 90 heavy (non-hydrogen) atoms. The fourth-order valence-corrected chi connectivity index (χ4v) is 14.5. The summed E-state index contributed by atoms with van der Waals surface area (Å²) in [4.78, 5) is 5.10. The number of nitrogens with zero attached hydrogens (tertiary/aromatic N) is 4. The minimum Gasteiger partial charge on any atom is -0.310 e. The van der Waals surface area contributed by atoms with Gasteiger partial charge in [-0.1, -0.05) is 273 Å².